The third kappa shape index (κ3) is 3.09. The van der Waals surface area contributed by atoms with Gasteiger partial charge >= 0.3 is 0 Å². The maximum atomic E-state index is 9.63. The standard InChI is InChI=1S/C9H20N2O/c1-8(2,12)7-9(10)3-5-11-6-4-9/h11-12H,3-7,10H2,1-2H3. The van der Waals surface area contributed by atoms with Crippen molar-refractivity contribution in [3.63, 3.8) is 0 Å². The monoisotopic (exact) mass is 172 g/mol. The zero-order chi connectivity index (χ0) is 9.24. The topological polar surface area (TPSA) is 58.3 Å². The van der Waals surface area contributed by atoms with Crippen molar-refractivity contribution in [2.75, 3.05) is 13.1 Å². The van der Waals surface area contributed by atoms with Crippen molar-refractivity contribution in [3.8, 4) is 0 Å². The van der Waals surface area contributed by atoms with Crippen LogP contribution in [0.15, 0.2) is 0 Å². The van der Waals surface area contributed by atoms with E-state index in [4.69, 9.17) is 5.73 Å². The molecule has 0 aromatic rings. The average molecular weight is 172 g/mol. The van der Waals surface area contributed by atoms with E-state index in [-0.39, 0.29) is 5.54 Å². The highest BCUT2D eigenvalue weighted by molar-refractivity contribution is 4.93. The van der Waals surface area contributed by atoms with Gasteiger partial charge in [0, 0.05) is 5.54 Å². The molecule has 4 N–H and O–H groups in total. The molecular weight excluding hydrogens is 152 g/mol. The Bertz CT molecular complexity index is 145. The van der Waals surface area contributed by atoms with Crippen molar-refractivity contribution < 1.29 is 5.11 Å². The first-order chi connectivity index (χ1) is 5.41. The molecule has 0 bridgehead atoms. The Morgan fingerprint density at radius 2 is 1.92 bits per heavy atom. The SMILES string of the molecule is CC(C)(O)CC1(N)CCNCC1. The summed E-state index contributed by atoms with van der Waals surface area (Å²) in [6.45, 7) is 5.60. The van der Waals surface area contributed by atoms with Crippen LogP contribution in [0.1, 0.15) is 33.1 Å². The molecule has 0 saturated carbocycles. The van der Waals surface area contributed by atoms with E-state index in [1.165, 1.54) is 0 Å². The summed E-state index contributed by atoms with van der Waals surface area (Å²) >= 11 is 0. The number of piperidine rings is 1. The van der Waals surface area contributed by atoms with Gasteiger partial charge < -0.3 is 16.2 Å². The normalized spacial score (nSPS) is 24.0. The molecule has 0 spiro atoms. The van der Waals surface area contributed by atoms with E-state index < -0.39 is 5.60 Å². The molecule has 12 heavy (non-hydrogen) atoms. The summed E-state index contributed by atoms with van der Waals surface area (Å²) in [6, 6.07) is 0. The van der Waals surface area contributed by atoms with Crippen LogP contribution >= 0.6 is 0 Å². The molecule has 1 fully saturated rings. The highest BCUT2D eigenvalue weighted by Crippen LogP contribution is 2.25. The van der Waals surface area contributed by atoms with Gasteiger partial charge in [-0.1, -0.05) is 0 Å². The van der Waals surface area contributed by atoms with Crippen molar-refractivity contribution in [3.05, 3.63) is 0 Å². The van der Waals surface area contributed by atoms with Gasteiger partial charge in [-0.2, -0.15) is 0 Å². The fourth-order valence-corrected chi connectivity index (χ4v) is 1.96. The van der Waals surface area contributed by atoms with Gasteiger partial charge in [-0.3, -0.25) is 0 Å². The van der Waals surface area contributed by atoms with Crippen molar-refractivity contribution in [2.24, 2.45) is 5.73 Å². The average Bonchev–Trinajstić information content (AvgIpc) is 1.83. The summed E-state index contributed by atoms with van der Waals surface area (Å²) < 4.78 is 0. The molecule has 0 aromatic heterocycles. The third-order valence-electron chi connectivity index (χ3n) is 2.38. The molecule has 0 atom stereocenters. The summed E-state index contributed by atoms with van der Waals surface area (Å²) in [5, 5.41) is 12.9. The predicted molar refractivity (Wildman–Crippen MR) is 49.9 cm³/mol. The Hall–Kier alpha value is -0.120. The van der Waals surface area contributed by atoms with Gasteiger partial charge in [-0.25, -0.2) is 0 Å². The molecule has 3 nitrogen and oxygen atoms in total. The van der Waals surface area contributed by atoms with E-state index in [1.807, 2.05) is 13.8 Å². The first-order valence-corrected chi connectivity index (χ1v) is 4.63. The molecule has 1 heterocycles. The van der Waals surface area contributed by atoms with Gasteiger partial charge in [0.25, 0.3) is 0 Å². The van der Waals surface area contributed by atoms with Crippen LogP contribution in [0, 0.1) is 0 Å². The van der Waals surface area contributed by atoms with Crippen LogP contribution in [0.2, 0.25) is 0 Å². The lowest BCUT2D eigenvalue weighted by Gasteiger charge is -2.38. The number of rotatable bonds is 2. The van der Waals surface area contributed by atoms with Crippen LogP contribution in [-0.4, -0.2) is 29.3 Å². The molecule has 0 aliphatic carbocycles. The molecule has 0 amide bonds. The maximum Gasteiger partial charge on any atom is 0.0609 e. The van der Waals surface area contributed by atoms with Crippen LogP contribution < -0.4 is 11.1 Å². The van der Waals surface area contributed by atoms with E-state index in [0.29, 0.717) is 6.42 Å². The largest absolute Gasteiger partial charge is 0.390 e. The van der Waals surface area contributed by atoms with E-state index in [0.717, 1.165) is 25.9 Å². The van der Waals surface area contributed by atoms with Gasteiger partial charge in [0.05, 0.1) is 5.60 Å². The number of nitrogens with one attached hydrogen (secondary N) is 1. The number of nitrogens with two attached hydrogens (primary N) is 1. The van der Waals surface area contributed by atoms with Crippen molar-refractivity contribution in [2.45, 2.75) is 44.2 Å². The Kier molecular flexibility index (Phi) is 2.76. The lowest BCUT2D eigenvalue weighted by molar-refractivity contribution is 0.0381. The summed E-state index contributed by atoms with van der Waals surface area (Å²) in [6.07, 6.45) is 2.63. The van der Waals surface area contributed by atoms with E-state index in [2.05, 4.69) is 5.32 Å². The molecular formula is C9H20N2O. The fourth-order valence-electron chi connectivity index (χ4n) is 1.96. The molecule has 72 valence electrons. The molecule has 1 saturated heterocycles. The van der Waals surface area contributed by atoms with E-state index >= 15 is 0 Å². The summed E-state index contributed by atoms with van der Waals surface area (Å²) in [5.41, 5.74) is 5.36. The number of hydrogen-bond donors (Lipinski definition) is 3. The van der Waals surface area contributed by atoms with Gasteiger partial charge in [0.2, 0.25) is 0 Å². The van der Waals surface area contributed by atoms with Crippen LogP contribution in [0.25, 0.3) is 0 Å². The molecule has 0 radical (unpaired) electrons. The first kappa shape index (κ1) is 9.96. The highest BCUT2D eigenvalue weighted by atomic mass is 16.3. The lowest BCUT2D eigenvalue weighted by atomic mass is 9.80. The van der Waals surface area contributed by atoms with Gasteiger partial charge in [0.15, 0.2) is 0 Å². The predicted octanol–water partition coefficient (Wildman–Crippen LogP) is 0.228. The van der Waals surface area contributed by atoms with E-state index in [1.54, 1.807) is 0 Å². The van der Waals surface area contributed by atoms with Gasteiger partial charge in [-0.15, -0.1) is 0 Å². The second-order valence-corrected chi connectivity index (χ2v) is 4.60. The molecule has 1 aliphatic heterocycles. The molecule has 3 heteroatoms. The minimum atomic E-state index is -0.633. The Balaban J connectivity index is 2.47. The summed E-state index contributed by atoms with van der Waals surface area (Å²) in [5.74, 6) is 0. The van der Waals surface area contributed by atoms with Gasteiger partial charge in [0.1, 0.15) is 0 Å². The first-order valence-electron chi connectivity index (χ1n) is 4.63. The molecule has 0 aromatic carbocycles. The van der Waals surface area contributed by atoms with Gasteiger partial charge in [-0.05, 0) is 46.2 Å². The second kappa shape index (κ2) is 3.32. The minimum absolute atomic E-state index is 0.149. The quantitative estimate of drug-likeness (QED) is 0.559. The molecule has 0 unspecified atom stereocenters. The Labute approximate surface area is 74.3 Å². The lowest BCUT2D eigenvalue weighted by Crippen LogP contribution is -2.52. The molecule has 1 rings (SSSR count). The number of aliphatic hydroxyl groups is 1. The summed E-state index contributed by atoms with van der Waals surface area (Å²) in [7, 11) is 0. The number of hydrogen-bond acceptors (Lipinski definition) is 3. The zero-order valence-electron chi connectivity index (χ0n) is 8.06. The fraction of sp³-hybridized carbons (Fsp3) is 1.00. The van der Waals surface area contributed by atoms with Crippen molar-refractivity contribution >= 4 is 0 Å². The van der Waals surface area contributed by atoms with Crippen LogP contribution in [-0.2, 0) is 0 Å². The van der Waals surface area contributed by atoms with Crippen LogP contribution in [0.4, 0.5) is 0 Å². The van der Waals surface area contributed by atoms with Crippen LogP contribution in [0.3, 0.4) is 0 Å². The van der Waals surface area contributed by atoms with Crippen molar-refractivity contribution in [1.82, 2.24) is 5.32 Å². The minimum Gasteiger partial charge on any atom is -0.390 e. The smallest absolute Gasteiger partial charge is 0.0609 e. The second-order valence-electron chi connectivity index (χ2n) is 4.60. The maximum absolute atomic E-state index is 9.63. The van der Waals surface area contributed by atoms with Crippen LogP contribution in [0.5, 0.6) is 0 Å². The van der Waals surface area contributed by atoms with Crippen molar-refractivity contribution in [1.29, 1.82) is 0 Å². The zero-order valence-corrected chi connectivity index (χ0v) is 8.06. The van der Waals surface area contributed by atoms with E-state index in [9.17, 15) is 5.11 Å². The summed E-state index contributed by atoms with van der Waals surface area (Å²) in [4.78, 5) is 0. The highest BCUT2D eigenvalue weighted by Gasteiger charge is 2.32. The Morgan fingerprint density at radius 3 is 2.33 bits per heavy atom. The third-order valence-corrected chi connectivity index (χ3v) is 2.38. The molecule has 1 aliphatic rings. The Morgan fingerprint density at radius 1 is 1.42 bits per heavy atom.